The Hall–Kier alpha value is -1.75. The summed E-state index contributed by atoms with van der Waals surface area (Å²) in [6.45, 7) is 17.9. The van der Waals surface area contributed by atoms with E-state index in [1.165, 1.54) is 0 Å². The number of hydrogen-bond acceptors (Lipinski definition) is 3. The van der Waals surface area contributed by atoms with Crippen molar-refractivity contribution in [1.82, 2.24) is 16.0 Å². The average Bonchev–Trinajstić information content (AvgIpc) is 2.47. The van der Waals surface area contributed by atoms with Gasteiger partial charge < -0.3 is 20.7 Å². The summed E-state index contributed by atoms with van der Waals surface area (Å²) in [5.74, 6) is 1.72. The lowest BCUT2D eigenvalue weighted by Crippen LogP contribution is -2.44. The van der Waals surface area contributed by atoms with Gasteiger partial charge in [0.05, 0.1) is 6.54 Å². The van der Waals surface area contributed by atoms with Crippen LogP contribution in [0.15, 0.2) is 29.3 Å². The fourth-order valence-electron chi connectivity index (χ4n) is 2.19. The number of nitrogens with zero attached hydrogens (tertiary/aromatic N) is 1. The third-order valence-electron chi connectivity index (χ3n) is 3.21. The first-order valence-corrected chi connectivity index (χ1v) is 9.15. The van der Waals surface area contributed by atoms with Crippen LogP contribution < -0.4 is 20.7 Å². The van der Waals surface area contributed by atoms with E-state index in [9.17, 15) is 0 Å². The molecule has 3 N–H and O–H groups in total. The standard InChI is InChI=1S/C20H36N4O/c1-8-21-18(22-13-14-24-19(2,3)4)23-15-16-11-9-10-12-17(16)25-20(5,6)7/h9-12,24H,8,13-15H2,1-7H3,(H2,21,22,23). The maximum atomic E-state index is 6.04. The van der Waals surface area contributed by atoms with E-state index in [1.54, 1.807) is 0 Å². The fourth-order valence-corrected chi connectivity index (χ4v) is 2.19. The molecule has 0 heterocycles. The van der Waals surface area contributed by atoms with E-state index in [1.807, 2.05) is 18.2 Å². The summed E-state index contributed by atoms with van der Waals surface area (Å²) in [5.41, 5.74) is 0.990. The molecule has 0 saturated heterocycles. The van der Waals surface area contributed by atoms with Crippen molar-refractivity contribution in [3.8, 4) is 5.75 Å². The first-order chi connectivity index (χ1) is 11.6. The van der Waals surface area contributed by atoms with Crippen LogP contribution in [0.5, 0.6) is 5.75 Å². The van der Waals surface area contributed by atoms with E-state index in [2.05, 4.69) is 70.5 Å². The largest absolute Gasteiger partial charge is 0.488 e. The van der Waals surface area contributed by atoms with Crippen LogP contribution >= 0.6 is 0 Å². The monoisotopic (exact) mass is 348 g/mol. The number of aliphatic imine (C=N–C) groups is 1. The molecule has 0 bridgehead atoms. The molecule has 0 spiro atoms. The lowest BCUT2D eigenvalue weighted by Gasteiger charge is -2.23. The molecule has 0 unspecified atom stereocenters. The molecule has 0 aliphatic heterocycles. The summed E-state index contributed by atoms with van der Waals surface area (Å²) < 4.78 is 6.04. The van der Waals surface area contributed by atoms with E-state index >= 15 is 0 Å². The summed E-state index contributed by atoms with van der Waals surface area (Å²) >= 11 is 0. The molecule has 1 aromatic rings. The number of guanidine groups is 1. The Labute approximate surface area is 153 Å². The summed E-state index contributed by atoms with van der Waals surface area (Å²) in [6, 6.07) is 8.09. The van der Waals surface area contributed by atoms with Crippen molar-refractivity contribution in [2.24, 2.45) is 4.99 Å². The number of para-hydroxylation sites is 1. The van der Waals surface area contributed by atoms with Crippen molar-refractivity contribution in [3.63, 3.8) is 0 Å². The van der Waals surface area contributed by atoms with Gasteiger partial charge in [0, 0.05) is 30.7 Å². The highest BCUT2D eigenvalue weighted by Gasteiger charge is 2.14. The molecule has 0 aliphatic rings. The van der Waals surface area contributed by atoms with E-state index < -0.39 is 0 Å². The van der Waals surface area contributed by atoms with Crippen LogP contribution in [0, 0.1) is 0 Å². The van der Waals surface area contributed by atoms with Gasteiger partial charge in [0.25, 0.3) is 0 Å². The van der Waals surface area contributed by atoms with Gasteiger partial charge in [-0.05, 0) is 54.5 Å². The molecule has 0 amide bonds. The van der Waals surface area contributed by atoms with E-state index in [0.717, 1.165) is 36.9 Å². The molecule has 0 aromatic heterocycles. The lowest BCUT2D eigenvalue weighted by atomic mass is 10.1. The number of rotatable bonds is 7. The minimum absolute atomic E-state index is 0.125. The third kappa shape index (κ3) is 9.97. The Morgan fingerprint density at radius 1 is 1.00 bits per heavy atom. The van der Waals surface area contributed by atoms with Gasteiger partial charge in [-0.2, -0.15) is 0 Å². The maximum Gasteiger partial charge on any atom is 0.191 e. The van der Waals surface area contributed by atoms with E-state index in [-0.39, 0.29) is 11.1 Å². The summed E-state index contributed by atoms with van der Waals surface area (Å²) in [6.07, 6.45) is 0. The summed E-state index contributed by atoms with van der Waals surface area (Å²) in [5, 5.41) is 10.1. The Bertz CT molecular complexity index is 541. The summed E-state index contributed by atoms with van der Waals surface area (Å²) in [7, 11) is 0. The average molecular weight is 349 g/mol. The van der Waals surface area contributed by atoms with Gasteiger partial charge in [-0.15, -0.1) is 0 Å². The number of nitrogens with one attached hydrogen (secondary N) is 3. The minimum Gasteiger partial charge on any atom is -0.488 e. The molecule has 0 aliphatic carbocycles. The van der Waals surface area contributed by atoms with Crippen LogP contribution in [0.3, 0.4) is 0 Å². The first kappa shape index (κ1) is 21.3. The number of hydrogen-bond donors (Lipinski definition) is 3. The van der Waals surface area contributed by atoms with Crippen molar-refractivity contribution >= 4 is 5.96 Å². The number of benzene rings is 1. The molecule has 1 rings (SSSR count). The fraction of sp³-hybridized carbons (Fsp3) is 0.650. The van der Waals surface area contributed by atoms with Crippen molar-refractivity contribution in [2.45, 2.75) is 66.2 Å². The smallest absolute Gasteiger partial charge is 0.191 e. The molecule has 142 valence electrons. The zero-order chi connectivity index (χ0) is 18.9. The van der Waals surface area contributed by atoms with Gasteiger partial charge in [-0.3, -0.25) is 0 Å². The van der Waals surface area contributed by atoms with Crippen molar-refractivity contribution in [2.75, 3.05) is 19.6 Å². The topological polar surface area (TPSA) is 57.7 Å². The molecule has 0 fully saturated rings. The molecule has 5 nitrogen and oxygen atoms in total. The molecule has 0 saturated carbocycles. The van der Waals surface area contributed by atoms with Crippen LogP contribution in [-0.4, -0.2) is 36.7 Å². The zero-order valence-electron chi connectivity index (χ0n) is 17.0. The highest BCUT2D eigenvalue weighted by atomic mass is 16.5. The van der Waals surface area contributed by atoms with Gasteiger partial charge in [0.2, 0.25) is 0 Å². The number of ether oxygens (including phenoxy) is 1. The minimum atomic E-state index is -0.221. The lowest BCUT2D eigenvalue weighted by molar-refractivity contribution is 0.129. The molecular formula is C20H36N4O. The highest BCUT2D eigenvalue weighted by Crippen LogP contribution is 2.23. The predicted molar refractivity (Wildman–Crippen MR) is 107 cm³/mol. The van der Waals surface area contributed by atoms with E-state index in [0.29, 0.717) is 6.54 Å². The maximum absolute atomic E-state index is 6.04. The van der Waals surface area contributed by atoms with Crippen LogP contribution in [0.25, 0.3) is 0 Å². The molecule has 25 heavy (non-hydrogen) atoms. The van der Waals surface area contributed by atoms with Crippen LogP contribution in [0.4, 0.5) is 0 Å². The van der Waals surface area contributed by atoms with Gasteiger partial charge >= 0.3 is 0 Å². The Morgan fingerprint density at radius 3 is 2.28 bits per heavy atom. The molecule has 5 heteroatoms. The van der Waals surface area contributed by atoms with E-state index in [4.69, 9.17) is 9.73 Å². The predicted octanol–water partition coefficient (Wildman–Crippen LogP) is 3.31. The van der Waals surface area contributed by atoms with Crippen molar-refractivity contribution in [3.05, 3.63) is 29.8 Å². The SMILES string of the molecule is CCNC(=NCc1ccccc1OC(C)(C)C)NCCNC(C)(C)C. The molecular weight excluding hydrogens is 312 g/mol. The second-order valence-corrected chi connectivity index (χ2v) is 8.12. The van der Waals surface area contributed by atoms with Crippen LogP contribution in [0.2, 0.25) is 0 Å². The van der Waals surface area contributed by atoms with Gasteiger partial charge in [-0.1, -0.05) is 18.2 Å². The van der Waals surface area contributed by atoms with Gasteiger partial charge in [0.1, 0.15) is 11.4 Å². The third-order valence-corrected chi connectivity index (χ3v) is 3.21. The molecule has 1 aromatic carbocycles. The first-order valence-electron chi connectivity index (χ1n) is 9.15. The van der Waals surface area contributed by atoms with Crippen LogP contribution in [-0.2, 0) is 6.54 Å². The zero-order valence-corrected chi connectivity index (χ0v) is 17.0. The van der Waals surface area contributed by atoms with Crippen molar-refractivity contribution in [1.29, 1.82) is 0 Å². The second kappa shape index (κ2) is 9.66. The van der Waals surface area contributed by atoms with Crippen LogP contribution in [0.1, 0.15) is 54.0 Å². The Kier molecular flexibility index (Phi) is 8.23. The highest BCUT2D eigenvalue weighted by molar-refractivity contribution is 5.79. The molecule has 0 atom stereocenters. The molecule has 0 radical (unpaired) electrons. The van der Waals surface area contributed by atoms with Gasteiger partial charge in [-0.25, -0.2) is 4.99 Å². The Morgan fingerprint density at radius 2 is 1.68 bits per heavy atom. The van der Waals surface area contributed by atoms with Crippen molar-refractivity contribution < 1.29 is 4.74 Å². The Balaban J connectivity index is 2.68. The normalized spacial score (nSPS) is 12.8. The van der Waals surface area contributed by atoms with Gasteiger partial charge in [0.15, 0.2) is 5.96 Å². The second-order valence-electron chi connectivity index (χ2n) is 8.12. The quantitative estimate of drug-likeness (QED) is 0.402. The summed E-state index contributed by atoms with van der Waals surface area (Å²) in [4.78, 5) is 4.70.